The summed E-state index contributed by atoms with van der Waals surface area (Å²) in [7, 11) is 0. The molecule has 0 saturated carbocycles. The first-order chi connectivity index (χ1) is 12.0. The van der Waals surface area contributed by atoms with Crippen LogP contribution >= 0.6 is 11.3 Å². The molecule has 25 heavy (non-hydrogen) atoms. The first kappa shape index (κ1) is 17.5. The summed E-state index contributed by atoms with van der Waals surface area (Å²) in [6.45, 7) is 7.12. The topological polar surface area (TPSA) is 60.4 Å². The molecular formula is C18H25NO5S. The maximum absolute atomic E-state index is 11.0. The molecule has 6 nitrogen and oxygen atoms in total. The molecule has 0 aliphatic carbocycles. The molecule has 0 spiro atoms. The molecule has 138 valence electrons. The minimum absolute atomic E-state index is 0.180. The number of hydrogen-bond acceptors (Lipinski definition) is 7. The summed E-state index contributed by atoms with van der Waals surface area (Å²) >= 11 is 1.65. The molecular weight excluding hydrogens is 342 g/mol. The zero-order valence-corrected chi connectivity index (χ0v) is 15.4. The second-order valence-electron chi connectivity index (χ2n) is 7.14. The van der Waals surface area contributed by atoms with Gasteiger partial charge in [0.2, 0.25) is 0 Å². The van der Waals surface area contributed by atoms with Gasteiger partial charge in [-0.05, 0) is 42.3 Å². The molecule has 4 atom stereocenters. The molecule has 0 aromatic carbocycles. The number of hydrogen-bond donors (Lipinski definition) is 1. The molecule has 1 aromatic rings. The summed E-state index contributed by atoms with van der Waals surface area (Å²) in [5.41, 5.74) is 1.09. The number of thiophene rings is 1. The van der Waals surface area contributed by atoms with Gasteiger partial charge in [-0.25, -0.2) is 0 Å². The molecule has 4 rings (SSSR count). The van der Waals surface area contributed by atoms with Crippen LogP contribution in [0, 0.1) is 0 Å². The zero-order valence-electron chi connectivity index (χ0n) is 14.6. The highest BCUT2D eigenvalue weighted by Gasteiger charge is 2.51. The van der Waals surface area contributed by atoms with E-state index in [-0.39, 0.29) is 12.1 Å². The standard InChI is InChI=1S/C18H25NO5S/c1-18(2)22-10-14(24-18)17-16(20)15(19-4-6-21-7-5-19)13(23-17)9-12-3-8-25-11-12/h3,8-9,11,14-17,20H,4-7,10H2,1-2H3/b13-9-/t14-,15+,16-,17-/m1/s1. The van der Waals surface area contributed by atoms with Crippen molar-refractivity contribution in [2.45, 2.75) is 44.0 Å². The van der Waals surface area contributed by atoms with Crippen molar-refractivity contribution in [1.82, 2.24) is 4.90 Å². The van der Waals surface area contributed by atoms with Crippen molar-refractivity contribution in [3.05, 3.63) is 28.1 Å². The molecule has 3 aliphatic heterocycles. The van der Waals surface area contributed by atoms with Crippen molar-refractivity contribution in [2.75, 3.05) is 32.9 Å². The molecule has 4 heterocycles. The quantitative estimate of drug-likeness (QED) is 0.878. The third-order valence-electron chi connectivity index (χ3n) is 4.91. The van der Waals surface area contributed by atoms with Crippen LogP contribution in [0.4, 0.5) is 0 Å². The Bertz CT molecular complexity index is 611. The summed E-state index contributed by atoms with van der Waals surface area (Å²) in [5, 5.41) is 15.2. The predicted molar refractivity (Wildman–Crippen MR) is 94.3 cm³/mol. The maximum atomic E-state index is 11.0. The fourth-order valence-corrected chi connectivity index (χ4v) is 4.33. The monoisotopic (exact) mass is 367 g/mol. The fourth-order valence-electron chi connectivity index (χ4n) is 3.71. The molecule has 0 bridgehead atoms. The van der Waals surface area contributed by atoms with E-state index in [1.807, 2.05) is 25.3 Å². The van der Waals surface area contributed by atoms with Crippen molar-refractivity contribution in [3.8, 4) is 0 Å². The van der Waals surface area contributed by atoms with Crippen LogP contribution < -0.4 is 0 Å². The van der Waals surface area contributed by atoms with E-state index >= 15 is 0 Å². The van der Waals surface area contributed by atoms with Gasteiger partial charge in [0.05, 0.1) is 25.9 Å². The van der Waals surface area contributed by atoms with E-state index in [1.165, 1.54) is 0 Å². The molecule has 7 heteroatoms. The van der Waals surface area contributed by atoms with Crippen LogP contribution in [-0.4, -0.2) is 73.1 Å². The Morgan fingerprint density at radius 3 is 2.76 bits per heavy atom. The highest BCUT2D eigenvalue weighted by Crippen LogP contribution is 2.37. The first-order valence-corrected chi connectivity index (χ1v) is 9.70. The van der Waals surface area contributed by atoms with E-state index in [2.05, 4.69) is 16.3 Å². The molecule has 0 unspecified atom stereocenters. The second-order valence-corrected chi connectivity index (χ2v) is 7.92. The smallest absolute Gasteiger partial charge is 0.163 e. The molecule has 0 amide bonds. The number of nitrogens with zero attached hydrogens (tertiary/aromatic N) is 1. The number of rotatable bonds is 3. The molecule has 3 fully saturated rings. The molecule has 3 saturated heterocycles. The largest absolute Gasteiger partial charge is 0.487 e. The van der Waals surface area contributed by atoms with Crippen LogP contribution in [0.2, 0.25) is 0 Å². The van der Waals surface area contributed by atoms with Gasteiger partial charge in [-0.1, -0.05) is 0 Å². The molecule has 0 radical (unpaired) electrons. The lowest BCUT2D eigenvalue weighted by molar-refractivity contribution is -0.156. The summed E-state index contributed by atoms with van der Waals surface area (Å²) < 4.78 is 23.3. The lowest BCUT2D eigenvalue weighted by Crippen LogP contribution is -2.51. The average molecular weight is 367 g/mol. The van der Waals surface area contributed by atoms with Gasteiger partial charge in [0, 0.05) is 13.1 Å². The third kappa shape index (κ3) is 3.63. The summed E-state index contributed by atoms with van der Waals surface area (Å²) in [4.78, 5) is 2.24. The highest BCUT2D eigenvalue weighted by atomic mass is 32.1. The van der Waals surface area contributed by atoms with Gasteiger partial charge in [0.1, 0.15) is 18.0 Å². The van der Waals surface area contributed by atoms with Gasteiger partial charge >= 0.3 is 0 Å². The van der Waals surface area contributed by atoms with Crippen molar-refractivity contribution in [3.63, 3.8) is 0 Å². The Kier molecular flexibility index (Phi) is 4.87. The Morgan fingerprint density at radius 1 is 1.32 bits per heavy atom. The lowest BCUT2D eigenvalue weighted by Gasteiger charge is -2.33. The zero-order chi connectivity index (χ0) is 17.4. The highest BCUT2D eigenvalue weighted by molar-refractivity contribution is 7.08. The number of aliphatic hydroxyl groups is 1. The van der Waals surface area contributed by atoms with Crippen LogP contribution in [0.25, 0.3) is 6.08 Å². The normalized spacial score (nSPS) is 37.5. The van der Waals surface area contributed by atoms with Gasteiger partial charge < -0.3 is 24.1 Å². The Morgan fingerprint density at radius 2 is 2.12 bits per heavy atom. The van der Waals surface area contributed by atoms with Crippen molar-refractivity contribution in [1.29, 1.82) is 0 Å². The van der Waals surface area contributed by atoms with E-state index in [0.29, 0.717) is 19.8 Å². The van der Waals surface area contributed by atoms with Gasteiger partial charge in [-0.15, -0.1) is 0 Å². The number of aliphatic hydroxyl groups excluding tert-OH is 1. The molecule has 1 N–H and O–H groups in total. The minimum Gasteiger partial charge on any atom is -0.487 e. The van der Waals surface area contributed by atoms with Gasteiger partial charge in [0.15, 0.2) is 11.9 Å². The summed E-state index contributed by atoms with van der Waals surface area (Å²) in [6.07, 6.45) is 0.660. The average Bonchev–Trinajstić information content (AvgIpc) is 3.29. The lowest BCUT2D eigenvalue weighted by atomic mass is 10.0. The van der Waals surface area contributed by atoms with E-state index in [0.717, 1.165) is 24.4 Å². The van der Waals surface area contributed by atoms with Crippen molar-refractivity contribution in [2.24, 2.45) is 0 Å². The Labute approximate surface area is 151 Å². The maximum Gasteiger partial charge on any atom is 0.163 e. The predicted octanol–water partition coefficient (Wildman–Crippen LogP) is 1.70. The Hall–Kier alpha value is -0.960. The Balaban J connectivity index is 1.59. The molecule has 1 aromatic heterocycles. The second kappa shape index (κ2) is 6.98. The SMILES string of the molecule is CC1(C)OC[C@H]([C@H]2O/C(=C\c3ccsc3)[C@H](N3CCOCC3)[C@H]2O)O1. The number of ether oxygens (including phenoxy) is 4. The van der Waals surface area contributed by atoms with E-state index in [4.69, 9.17) is 18.9 Å². The van der Waals surface area contributed by atoms with Crippen molar-refractivity contribution < 1.29 is 24.1 Å². The molecule has 3 aliphatic rings. The third-order valence-corrected chi connectivity index (χ3v) is 5.61. The van der Waals surface area contributed by atoms with E-state index in [1.54, 1.807) is 11.3 Å². The fraction of sp³-hybridized carbons (Fsp3) is 0.667. The first-order valence-electron chi connectivity index (χ1n) is 8.76. The van der Waals surface area contributed by atoms with Crippen LogP contribution in [0.15, 0.2) is 22.6 Å². The minimum atomic E-state index is -0.662. The van der Waals surface area contributed by atoms with E-state index < -0.39 is 18.0 Å². The van der Waals surface area contributed by atoms with Crippen LogP contribution in [0.1, 0.15) is 19.4 Å². The van der Waals surface area contributed by atoms with Gasteiger partial charge in [-0.3, -0.25) is 4.90 Å². The van der Waals surface area contributed by atoms with E-state index in [9.17, 15) is 5.11 Å². The van der Waals surface area contributed by atoms with Crippen LogP contribution in [-0.2, 0) is 18.9 Å². The number of morpholine rings is 1. The van der Waals surface area contributed by atoms with Crippen molar-refractivity contribution >= 4 is 17.4 Å². The summed E-state index contributed by atoms with van der Waals surface area (Å²) in [6, 6.07) is 1.87. The van der Waals surface area contributed by atoms with Crippen LogP contribution in [0.5, 0.6) is 0 Å². The van der Waals surface area contributed by atoms with Crippen LogP contribution in [0.3, 0.4) is 0 Å². The summed E-state index contributed by atoms with van der Waals surface area (Å²) in [5.74, 6) is 0.160. The van der Waals surface area contributed by atoms with Gasteiger partial charge in [-0.2, -0.15) is 11.3 Å². The van der Waals surface area contributed by atoms with Gasteiger partial charge in [0.25, 0.3) is 0 Å².